The summed E-state index contributed by atoms with van der Waals surface area (Å²) in [6.45, 7) is 6.54. The molecule has 2 aromatic carbocycles. The largest absolute Gasteiger partial charge is 0.493 e. The second-order valence-corrected chi connectivity index (χ2v) is 8.37. The average molecular weight is 465 g/mol. The number of hydrogen-bond acceptors (Lipinski definition) is 7. The molecule has 0 radical (unpaired) electrons. The summed E-state index contributed by atoms with van der Waals surface area (Å²) in [5.41, 5.74) is 1.38. The fourth-order valence-electron chi connectivity index (χ4n) is 4.75. The summed E-state index contributed by atoms with van der Waals surface area (Å²) in [4.78, 5) is 31.2. The second kappa shape index (κ2) is 9.48. The Morgan fingerprint density at radius 2 is 1.82 bits per heavy atom. The second-order valence-electron chi connectivity index (χ2n) is 8.37. The third kappa shape index (κ3) is 3.93. The number of para-hydroxylation sites is 1. The van der Waals surface area contributed by atoms with Gasteiger partial charge in [0.1, 0.15) is 5.58 Å². The first-order valence-electron chi connectivity index (χ1n) is 11.6. The van der Waals surface area contributed by atoms with Crippen molar-refractivity contribution in [2.24, 2.45) is 0 Å². The van der Waals surface area contributed by atoms with Crippen LogP contribution in [0.25, 0.3) is 11.0 Å². The van der Waals surface area contributed by atoms with Crippen LogP contribution in [0, 0.1) is 0 Å². The summed E-state index contributed by atoms with van der Waals surface area (Å²) in [6, 6.07) is 12.0. The number of hydrogen-bond donors (Lipinski definition) is 0. The molecule has 0 N–H and O–H groups in total. The topological polar surface area (TPSA) is 81.5 Å². The molecule has 3 aromatic rings. The average Bonchev–Trinajstić information content (AvgIpc) is 3.15. The highest BCUT2D eigenvalue weighted by atomic mass is 16.5. The minimum absolute atomic E-state index is 0.114. The maximum Gasteiger partial charge on any atom is 0.290 e. The third-order valence-corrected chi connectivity index (χ3v) is 6.44. The van der Waals surface area contributed by atoms with Gasteiger partial charge < -0.3 is 23.5 Å². The number of benzene rings is 2. The molecule has 1 fully saturated rings. The summed E-state index contributed by atoms with van der Waals surface area (Å²) >= 11 is 0. The Kier molecular flexibility index (Phi) is 6.26. The van der Waals surface area contributed by atoms with Crippen LogP contribution in [-0.4, -0.2) is 68.8 Å². The first-order chi connectivity index (χ1) is 16.6. The van der Waals surface area contributed by atoms with E-state index in [-0.39, 0.29) is 17.1 Å². The molecule has 1 saturated heterocycles. The Labute approximate surface area is 197 Å². The van der Waals surface area contributed by atoms with Crippen LogP contribution in [0.1, 0.15) is 34.6 Å². The fourth-order valence-corrected chi connectivity index (χ4v) is 4.75. The molecule has 8 heteroatoms. The molecule has 3 heterocycles. The monoisotopic (exact) mass is 464 g/mol. The zero-order chi connectivity index (χ0) is 23.7. The maximum absolute atomic E-state index is 13.6. The van der Waals surface area contributed by atoms with Gasteiger partial charge >= 0.3 is 0 Å². The summed E-state index contributed by atoms with van der Waals surface area (Å²) in [7, 11) is 1.58. The molecule has 0 saturated carbocycles. The number of rotatable bonds is 7. The van der Waals surface area contributed by atoms with E-state index in [1.54, 1.807) is 36.3 Å². The van der Waals surface area contributed by atoms with Crippen LogP contribution in [0.4, 0.5) is 0 Å². The van der Waals surface area contributed by atoms with Crippen molar-refractivity contribution in [3.05, 3.63) is 69.6 Å². The molecule has 178 valence electrons. The van der Waals surface area contributed by atoms with Crippen LogP contribution in [0.15, 0.2) is 51.7 Å². The molecule has 1 amide bonds. The number of carbonyl (C=O) groups excluding carboxylic acids is 1. The van der Waals surface area contributed by atoms with E-state index in [4.69, 9.17) is 18.6 Å². The van der Waals surface area contributed by atoms with Crippen LogP contribution in [0.2, 0.25) is 0 Å². The smallest absolute Gasteiger partial charge is 0.290 e. The highest BCUT2D eigenvalue weighted by Crippen LogP contribution is 2.40. The van der Waals surface area contributed by atoms with Crippen LogP contribution in [0.3, 0.4) is 0 Å². The summed E-state index contributed by atoms with van der Waals surface area (Å²) in [6.07, 6.45) is 0. The minimum Gasteiger partial charge on any atom is -0.493 e. The quantitative estimate of drug-likeness (QED) is 0.532. The summed E-state index contributed by atoms with van der Waals surface area (Å²) < 4.78 is 22.7. The van der Waals surface area contributed by atoms with Crippen molar-refractivity contribution in [1.82, 2.24) is 9.80 Å². The molecule has 1 aromatic heterocycles. The van der Waals surface area contributed by atoms with Crippen LogP contribution in [-0.2, 0) is 4.74 Å². The number of fused-ring (bicyclic) bond motifs is 2. The third-order valence-electron chi connectivity index (χ3n) is 6.44. The highest BCUT2D eigenvalue weighted by molar-refractivity contribution is 5.99. The standard InChI is InChI=1S/C26H28N2O6/c1-3-33-20-9-8-17(16-21(20)31-2)23-22-24(29)18-6-4-5-7-19(18)34-25(22)26(30)28(23)11-10-27-12-14-32-15-13-27/h4-9,16,23H,3,10-15H2,1-2H3/t23-/m0/s1. The normalized spacial score (nSPS) is 18.4. The lowest BCUT2D eigenvalue weighted by molar-refractivity contribution is 0.0314. The van der Waals surface area contributed by atoms with Crippen molar-refractivity contribution in [3.8, 4) is 11.5 Å². The van der Waals surface area contributed by atoms with Gasteiger partial charge in [-0.3, -0.25) is 14.5 Å². The van der Waals surface area contributed by atoms with Crippen molar-refractivity contribution in [2.45, 2.75) is 13.0 Å². The predicted octanol–water partition coefficient (Wildman–Crippen LogP) is 3.08. The molecule has 0 spiro atoms. The summed E-state index contributed by atoms with van der Waals surface area (Å²) in [5, 5.41) is 0.465. The van der Waals surface area contributed by atoms with E-state index < -0.39 is 6.04 Å². The first-order valence-corrected chi connectivity index (χ1v) is 11.6. The maximum atomic E-state index is 13.6. The van der Waals surface area contributed by atoms with E-state index in [0.29, 0.717) is 60.9 Å². The molecule has 0 unspecified atom stereocenters. The Balaban J connectivity index is 1.60. The van der Waals surface area contributed by atoms with Gasteiger partial charge in [0.05, 0.1) is 43.9 Å². The zero-order valence-electron chi connectivity index (χ0n) is 19.4. The van der Waals surface area contributed by atoms with Crippen LogP contribution < -0.4 is 14.9 Å². The predicted molar refractivity (Wildman–Crippen MR) is 127 cm³/mol. The van der Waals surface area contributed by atoms with Crippen LogP contribution in [0.5, 0.6) is 11.5 Å². The number of morpholine rings is 1. The van der Waals surface area contributed by atoms with Crippen molar-refractivity contribution in [3.63, 3.8) is 0 Å². The lowest BCUT2D eigenvalue weighted by Gasteiger charge is -2.31. The molecule has 5 rings (SSSR count). The molecule has 8 nitrogen and oxygen atoms in total. The molecule has 2 aliphatic rings. The Hall–Kier alpha value is -3.36. The Morgan fingerprint density at radius 3 is 2.59 bits per heavy atom. The van der Waals surface area contributed by atoms with Crippen molar-refractivity contribution >= 4 is 16.9 Å². The van der Waals surface area contributed by atoms with Crippen molar-refractivity contribution in [1.29, 1.82) is 0 Å². The lowest BCUT2D eigenvalue weighted by Crippen LogP contribution is -2.42. The number of amides is 1. The molecule has 2 aliphatic heterocycles. The van der Waals surface area contributed by atoms with Gasteiger partial charge in [0, 0.05) is 26.2 Å². The number of ether oxygens (including phenoxy) is 3. The lowest BCUT2D eigenvalue weighted by atomic mass is 9.98. The van der Waals surface area contributed by atoms with Gasteiger partial charge in [0.25, 0.3) is 5.91 Å². The van der Waals surface area contributed by atoms with Gasteiger partial charge in [-0.15, -0.1) is 0 Å². The van der Waals surface area contributed by atoms with E-state index in [1.807, 2.05) is 25.1 Å². The molecule has 34 heavy (non-hydrogen) atoms. The van der Waals surface area contributed by atoms with Gasteiger partial charge in [-0.2, -0.15) is 0 Å². The molecule has 0 aliphatic carbocycles. The highest BCUT2D eigenvalue weighted by Gasteiger charge is 2.43. The van der Waals surface area contributed by atoms with E-state index in [2.05, 4.69) is 4.90 Å². The Morgan fingerprint density at radius 1 is 1.03 bits per heavy atom. The van der Waals surface area contributed by atoms with E-state index >= 15 is 0 Å². The molecule has 0 bridgehead atoms. The number of carbonyl (C=O) groups is 1. The minimum atomic E-state index is -0.575. The van der Waals surface area contributed by atoms with Gasteiger partial charge in [0.2, 0.25) is 5.76 Å². The fraction of sp³-hybridized carbons (Fsp3) is 0.385. The van der Waals surface area contributed by atoms with Crippen molar-refractivity contribution in [2.75, 3.05) is 53.1 Å². The number of nitrogens with zero attached hydrogens (tertiary/aromatic N) is 2. The van der Waals surface area contributed by atoms with Gasteiger partial charge in [-0.25, -0.2) is 0 Å². The zero-order valence-corrected chi connectivity index (χ0v) is 19.4. The van der Waals surface area contributed by atoms with E-state index in [0.717, 1.165) is 18.7 Å². The molecule has 1 atom stereocenters. The van der Waals surface area contributed by atoms with E-state index in [9.17, 15) is 9.59 Å². The molecular formula is C26H28N2O6. The SMILES string of the molecule is CCOc1ccc([C@H]2c3c(oc4ccccc4c3=O)C(=O)N2CCN2CCOCC2)cc1OC. The van der Waals surface area contributed by atoms with Gasteiger partial charge in [-0.1, -0.05) is 18.2 Å². The van der Waals surface area contributed by atoms with Gasteiger partial charge in [0.15, 0.2) is 16.9 Å². The van der Waals surface area contributed by atoms with E-state index in [1.165, 1.54) is 0 Å². The first kappa shape index (κ1) is 22.4. The summed E-state index contributed by atoms with van der Waals surface area (Å²) in [5.74, 6) is 1.01. The Bertz CT molecular complexity index is 1260. The molecular weight excluding hydrogens is 436 g/mol. The van der Waals surface area contributed by atoms with Gasteiger partial charge in [-0.05, 0) is 36.8 Å². The number of methoxy groups -OCH3 is 1. The van der Waals surface area contributed by atoms with Crippen LogP contribution >= 0.6 is 0 Å². The van der Waals surface area contributed by atoms with Crippen molar-refractivity contribution < 1.29 is 23.4 Å².